The predicted molar refractivity (Wildman–Crippen MR) is 101 cm³/mol. The summed E-state index contributed by atoms with van der Waals surface area (Å²) in [5.41, 5.74) is 10.4. The molecule has 0 unspecified atom stereocenters. The second-order valence-electron chi connectivity index (χ2n) is 4.90. The molecule has 0 atom stereocenters. The second kappa shape index (κ2) is 6.71. The topological polar surface area (TPSA) is 127 Å². The van der Waals surface area contributed by atoms with Crippen LogP contribution < -0.4 is 22.1 Å². The SMILES string of the molecule is NC(=O)Nc1sc(NC(=O)c2sc3ccccc3c2Cl)cc1C(N)=O. The molecule has 25 heavy (non-hydrogen) atoms. The molecule has 0 aliphatic rings. The number of carbonyl (C=O) groups excluding carboxylic acids is 3. The third kappa shape index (κ3) is 3.43. The maximum absolute atomic E-state index is 12.5. The summed E-state index contributed by atoms with van der Waals surface area (Å²) in [6.45, 7) is 0. The average Bonchev–Trinajstić information content (AvgIpc) is 3.08. The lowest BCUT2D eigenvalue weighted by Gasteiger charge is -2.00. The van der Waals surface area contributed by atoms with Crippen LogP contribution in [0.4, 0.5) is 14.8 Å². The molecule has 6 N–H and O–H groups in total. The summed E-state index contributed by atoms with van der Waals surface area (Å²) in [6.07, 6.45) is 0. The summed E-state index contributed by atoms with van der Waals surface area (Å²) in [5, 5.41) is 6.60. The van der Waals surface area contributed by atoms with Crippen LogP contribution in [0.25, 0.3) is 10.1 Å². The van der Waals surface area contributed by atoms with Crippen LogP contribution in [0.1, 0.15) is 20.0 Å². The Morgan fingerprint density at radius 3 is 2.40 bits per heavy atom. The molecule has 0 aliphatic heterocycles. The number of thiophene rings is 2. The van der Waals surface area contributed by atoms with E-state index < -0.39 is 17.8 Å². The molecule has 0 saturated heterocycles. The highest BCUT2D eigenvalue weighted by Crippen LogP contribution is 2.37. The van der Waals surface area contributed by atoms with E-state index in [4.69, 9.17) is 23.1 Å². The quantitative estimate of drug-likeness (QED) is 0.541. The fourth-order valence-corrected chi connectivity index (χ4v) is 4.54. The highest BCUT2D eigenvalue weighted by atomic mass is 35.5. The van der Waals surface area contributed by atoms with Crippen LogP contribution in [-0.2, 0) is 0 Å². The zero-order valence-corrected chi connectivity index (χ0v) is 14.8. The first-order valence-electron chi connectivity index (χ1n) is 6.85. The number of urea groups is 1. The molecule has 0 bridgehead atoms. The first-order chi connectivity index (χ1) is 11.9. The van der Waals surface area contributed by atoms with E-state index in [1.807, 2.05) is 24.3 Å². The van der Waals surface area contributed by atoms with Crippen LogP contribution >= 0.6 is 34.3 Å². The van der Waals surface area contributed by atoms with Crippen LogP contribution in [-0.4, -0.2) is 17.8 Å². The Labute approximate surface area is 154 Å². The van der Waals surface area contributed by atoms with Crippen molar-refractivity contribution in [1.82, 2.24) is 0 Å². The second-order valence-corrected chi connectivity index (χ2v) is 7.38. The van der Waals surface area contributed by atoms with Gasteiger partial charge in [0, 0.05) is 10.1 Å². The number of primary amides is 2. The Morgan fingerprint density at radius 2 is 1.76 bits per heavy atom. The van der Waals surface area contributed by atoms with Crippen molar-refractivity contribution in [2.24, 2.45) is 11.5 Å². The van der Waals surface area contributed by atoms with E-state index in [1.54, 1.807) is 0 Å². The molecule has 0 radical (unpaired) electrons. The zero-order valence-electron chi connectivity index (χ0n) is 12.5. The van der Waals surface area contributed by atoms with E-state index >= 15 is 0 Å². The largest absolute Gasteiger partial charge is 0.366 e. The minimum absolute atomic E-state index is 0.0570. The molecule has 3 rings (SSSR count). The van der Waals surface area contributed by atoms with Gasteiger partial charge in [0.1, 0.15) is 9.88 Å². The Bertz CT molecular complexity index is 1010. The van der Waals surface area contributed by atoms with Crippen LogP contribution in [0.2, 0.25) is 5.02 Å². The van der Waals surface area contributed by atoms with Gasteiger partial charge in [0.25, 0.3) is 11.8 Å². The molecule has 0 fully saturated rings. The van der Waals surface area contributed by atoms with Crippen molar-refractivity contribution in [3.63, 3.8) is 0 Å². The highest BCUT2D eigenvalue weighted by Gasteiger charge is 2.20. The molecule has 2 aromatic heterocycles. The molecular weight excluding hydrogens is 384 g/mol. The third-order valence-corrected chi connectivity index (χ3v) is 5.85. The van der Waals surface area contributed by atoms with Gasteiger partial charge < -0.3 is 16.8 Å². The molecule has 0 aliphatic carbocycles. The molecular formula is C15H11ClN4O3S2. The number of hydrogen-bond donors (Lipinski definition) is 4. The first kappa shape index (κ1) is 17.2. The molecule has 0 spiro atoms. The van der Waals surface area contributed by atoms with E-state index in [-0.39, 0.29) is 10.6 Å². The normalized spacial score (nSPS) is 10.6. The van der Waals surface area contributed by atoms with Gasteiger partial charge in [-0.3, -0.25) is 14.9 Å². The van der Waals surface area contributed by atoms with Crippen molar-refractivity contribution in [2.45, 2.75) is 0 Å². The van der Waals surface area contributed by atoms with Gasteiger partial charge in [0.2, 0.25) is 0 Å². The summed E-state index contributed by atoms with van der Waals surface area (Å²) in [7, 11) is 0. The van der Waals surface area contributed by atoms with E-state index in [1.165, 1.54) is 17.4 Å². The van der Waals surface area contributed by atoms with E-state index in [9.17, 15) is 14.4 Å². The molecule has 4 amide bonds. The molecule has 3 aromatic rings. The van der Waals surface area contributed by atoms with Gasteiger partial charge in [-0.15, -0.1) is 11.3 Å². The molecule has 2 heterocycles. The molecule has 1 aromatic carbocycles. The summed E-state index contributed by atoms with van der Waals surface area (Å²) >= 11 is 8.51. The summed E-state index contributed by atoms with van der Waals surface area (Å²) in [5.74, 6) is -1.17. The van der Waals surface area contributed by atoms with Gasteiger partial charge in [-0.05, 0) is 12.1 Å². The smallest absolute Gasteiger partial charge is 0.317 e. The van der Waals surface area contributed by atoms with E-state index in [0.29, 0.717) is 14.9 Å². The molecule has 10 heteroatoms. The minimum Gasteiger partial charge on any atom is -0.366 e. The number of nitrogens with two attached hydrogens (primary N) is 2. The lowest BCUT2D eigenvalue weighted by Crippen LogP contribution is -2.21. The summed E-state index contributed by atoms with van der Waals surface area (Å²) in [4.78, 5) is 35.3. The van der Waals surface area contributed by atoms with Gasteiger partial charge in [-0.1, -0.05) is 41.1 Å². The van der Waals surface area contributed by atoms with Crippen LogP contribution in [0, 0.1) is 0 Å². The number of amides is 4. The standard InChI is InChI=1S/C15H11ClN4O3S2/c16-10-6-3-1-2-4-8(6)24-11(10)13(22)19-9-5-7(12(17)21)14(25-9)20-15(18)23/h1-5H,(H2,17,21)(H,19,22)(H3,18,20,23). The van der Waals surface area contributed by atoms with Gasteiger partial charge in [-0.25, -0.2) is 4.79 Å². The Morgan fingerprint density at radius 1 is 1.04 bits per heavy atom. The minimum atomic E-state index is -0.838. The lowest BCUT2D eigenvalue weighted by atomic mass is 10.2. The van der Waals surface area contributed by atoms with Gasteiger partial charge in [0.15, 0.2) is 0 Å². The Hall–Kier alpha value is -2.62. The van der Waals surface area contributed by atoms with Gasteiger partial charge in [0.05, 0.1) is 15.6 Å². The molecule has 0 saturated carbocycles. The number of carbonyl (C=O) groups is 3. The number of rotatable bonds is 4. The fraction of sp³-hybridized carbons (Fsp3) is 0. The van der Waals surface area contributed by atoms with Crippen molar-refractivity contribution < 1.29 is 14.4 Å². The monoisotopic (exact) mass is 394 g/mol. The van der Waals surface area contributed by atoms with Crippen molar-refractivity contribution in [1.29, 1.82) is 0 Å². The van der Waals surface area contributed by atoms with Crippen molar-refractivity contribution in [3.8, 4) is 0 Å². The fourth-order valence-electron chi connectivity index (χ4n) is 2.17. The predicted octanol–water partition coefficient (Wildman–Crippen LogP) is 3.46. The highest BCUT2D eigenvalue weighted by molar-refractivity contribution is 7.22. The molecule has 7 nitrogen and oxygen atoms in total. The van der Waals surface area contributed by atoms with Gasteiger partial charge >= 0.3 is 6.03 Å². The summed E-state index contributed by atoms with van der Waals surface area (Å²) < 4.78 is 0.887. The number of anilines is 2. The van der Waals surface area contributed by atoms with Crippen LogP contribution in [0.5, 0.6) is 0 Å². The van der Waals surface area contributed by atoms with Crippen molar-refractivity contribution in [2.75, 3.05) is 10.6 Å². The number of nitrogens with one attached hydrogen (secondary N) is 2. The first-order valence-corrected chi connectivity index (χ1v) is 8.86. The number of fused-ring (bicyclic) bond motifs is 1. The van der Waals surface area contributed by atoms with E-state index in [2.05, 4.69) is 10.6 Å². The average molecular weight is 395 g/mol. The van der Waals surface area contributed by atoms with Crippen molar-refractivity contribution >= 4 is 72.2 Å². The zero-order chi connectivity index (χ0) is 18.1. The maximum atomic E-state index is 12.5. The number of benzene rings is 1. The Balaban J connectivity index is 1.91. The number of halogens is 1. The van der Waals surface area contributed by atoms with Crippen LogP contribution in [0.3, 0.4) is 0 Å². The maximum Gasteiger partial charge on any atom is 0.317 e. The Kier molecular flexibility index (Phi) is 4.62. The lowest BCUT2D eigenvalue weighted by molar-refractivity contribution is 0.0998. The van der Waals surface area contributed by atoms with Crippen LogP contribution in [0.15, 0.2) is 30.3 Å². The van der Waals surface area contributed by atoms with Gasteiger partial charge in [-0.2, -0.15) is 0 Å². The molecule has 128 valence electrons. The third-order valence-electron chi connectivity index (χ3n) is 3.21. The summed E-state index contributed by atoms with van der Waals surface area (Å²) in [6, 6.07) is 7.93. The van der Waals surface area contributed by atoms with Crippen molar-refractivity contribution in [3.05, 3.63) is 45.8 Å². The van der Waals surface area contributed by atoms with E-state index in [0.717, 1.165) is 21.4 Å². The number of hydrogen-bond acceptors (Lipinski definition) is 5.